The lowest BCUT2D eigenvalue weighted by Gasteiger charge is -2.09. The van der Waals surface area contributed by atoms with Crippen LogP contribution in [0.1, 0.15) is 34.1 Å². The predicted octanol–water partition coefficient (Wildman–Crippen LogP) is 1.15. The first kappa shape index (κ1) is 12.4. The fourth-order valence-electron chi connectivity index (χ4n) is 1.01. The summed E-state index contributed by atoms with van der Waals surface area (Å²) in [7, 11) is 0. The zero-order chi connectivity index (χ0) is 10.3. The molecule has 0 heterocycles. The quantitative estimate of drug-likeness (QED) is 0.611. The lowest BCUT2D eigenvalue weighted by Crippen LogP contribution is -2.34. The van der Waals surface area contributed by atoms with Crippen LogP contribution in [-0.2, 0) is 4.79 Å². The summed E-state index contributed by atoms with van der Waals surface area (Å²) < 4.78 is 0. The number of rotatable bonds is 6. The van der Waals surface area contributed by atoms with Crippen molar-refractivity contribution in [2.45, 2.75) is 40.2 Å². The van der Waals surface area contributed by atoms with E-state index < -0.39 is 0 Å². The first-order valence-corrected chi connectivity index (χ1v) is 5.02. The first-order valence-electron chi connectivity index (χ1n) is 5.02. The molecule has 0 atom stereocenters. The SMILES string of the molecule is CC(C)CC(=O)NCCNC(C)C. The molecule has 0 aliphatic carbocycles. The van der Waals surface area contributed by atoms with Crippen LogP contribution in [0.2, 0.25) is 0 Å². The van der Waals surface area contributed by atoms with E-state index in [9.17, 15) is 4.79 Å². The fourth-order valence-corrected chi connectivity index (χ4v) is 1.01. The van der Waals surface area contributed by atoms with E-state index in [-0.39, 0.29) is 5.91 Å². The molecule has 78 valence electrons. The molecule has 0 aliphatic rings. The Morgan fingerprint density at radius 1 is 1.15 bits per heavy atom. The highest BCUT2D eigenvalue weighted by molar-refractivity contribution is 5.75. The van der Waals surface area contributed by atoms with E-state index in [1.165, 1.54) is 0 Å². The van der Waals surface area contributed by atoms with Gasteiger partial charge < -0.3 is 10.6 Å². The normalized spacial score (nSPS) is 10.9. The molecule has 2 N–H and O–H groups in total. The molecule has 1 amide bonds. The highest BCUT2D eigenvalue weighted by Crippen LogP contribution is 1.97. The van der Waals surface area contributed by atoms with Crippen LogP contribution in [0.25, 0.3) is 0 Å². The Morgan fingerprint density at radius 3 is 2.23 bits per heavy atom. The van der Waals surface area contributed by atoms with Gasteiger partial charge in [-0.3, -0.25) is 4.79 Å². The highest BCUT2D eigenvalue weighted by Gasteiger charge is 2.02. The maximum absolute atomic E-state index is 11.2. The van der Waals surface area contributed by atoms with Crippen molar-refractivity contribution in [1.29, 1.82) is 0 Å². The minimum Gasteiger partial charge on any atom is -0.355 e. The molecular weight excluding hydrogens is 164 g/mol. The maximum atomic E-state index is 11.2. The molecule has 3 heteroatoms. The van der Waals surface area contributed by atoms with E-state index in [1.54, 1.807) is 0 Å². The van der Waals surface area contributed by atoms with Crippen molar-refractivity contribution in [2.75, 3.05) is 13.1 Å². The number of hydrogen-bond acceptors (Lipinski definition) is 2. The summed E-state index contributed by atoms with van der Waals surface area (Å²) in [5.74, 6) is 0.596. The van der Waals surface area contributed by atoms with E-state index >= 15 is 0 Å². The molecule has 0 rings (SSSR count). The molecule has 0 fully saturated rings. The summed E-state index contributed by atoms with van der Waals surface area (Å²) in [6.45, 7) is 9.86. The van der Waals surface area contributed by atoms with Gasteiger partial charge in [0.25, 0.3) is 0 Å². The van der Waals surface area contributed by atoms with Crippen molar-refractivity contribution in [2.24, 2.45) is 5.92 Å². The Morgan fingerprint density at radius 2 is 1.77 bits per heavy atom. The summed E-state index contributed by atoms with van der Waals surface area (Å²) in [5.41, 5.74) is 0. The van der Waals surface area contributed by atoms with Gasteiger partial charge in [-0.25, -0.2) is 0 Å². The third kappa shape index (κ3) is 9.34. The number of hydrogen-bond donors (Lipinski definition) is 2. The van der Waals surface area contributed by atoms with Crippen molar-refractivity contribution >= 4 is 5.91 Å². The third-order valence-electron chi connectivity index (χ3n) is 1.59. The molecule has 0 aromatic carbocycles. The van der Waals surface area contributed by atoms with Crippen LogP contribution in [-0.4, -0.2) is 25.0 Å². The Balaban J connectivity index is 3.27. The van der Waals surface area contributed by atoms with Crippen LogP contribution in [0, 0.1) is 5.92 Å². The smallest absolute Gasteiger partial charge is 0.220 e. The molecule has 13 heavy (non-hydrogen) atoms. The largest absolute Gasteiger partial charge is 0.355 e. The third-order valence-corrected chi connectivity index (χ3v) is 1.59. The van der Waals surface area contributed by atoms with Gasteiger partial charge in [0, 0.05) is 25.6 Å². The Kier molecular flexibility index (Phi) is 6.59. The van der Waals surface area contributed by atoms with E-state index in [1.807, 2.05) is 13.8 Å². The van der Waals surface area contributed by atoms with E-state index in [0.29, 0.717) is 18.4 Å². The summed E-state index contributed by atoms with van der Waals surface area (Å²) in [6, 6.07) is 0.488. The summed E-state index contributed by atoms with van der Waals surface area (Å²) in [5, 5.41) is 6.11. The Hall–Kier alpha value is -0.570. The topological polar surface area (TPSA) is 41.1 Å². The molecule has 0 unspecified atom stereocenters. The number of carbonyl (C=O) groups excluding carboxylic acids is 1. The second-order valence-electron chi connectivity index (χ2n) is 4.06. The number of amides is 1. The summed E-state index contributed by atoms with van der Waals surface area (Å²) in [6.07, 6.45) is 0.627. The van der Waals surface area contributed by atoms with Crippen molar-refractivity contribution in [1.82, 2.24) is 10.6 Å². The van der Waals surface area contributed by atoms with Crippen LogP contribution < -0.4 is 10.6 Å². The molecule has 0 saturated heterocycles. The second-order valence-corrected chi connectivity index (χ2v) is 4.06. The zero-order valence-electron chi connectivity index (χ0n) is 9.18. The van der Waals surface area contributed by atoms with Gasteiger partial charge in [-0.15, -0.1) is 0 Å². The Labute approximate surface area is 81.3 Å². The highest BCUT2D eigenvalue weighted by atomic mass is 16.1. The van der Waals surface area contributed by atoms with Crippen molar-refractivity contribution in [3.8, 4) is 0 Å². The van der Waals surface area contributed by atoms with E-state index in [0.717, 1.165) is 13.1 Å². The molecular formula is C10H22N2O. The van der Waals surface area contributed by atoms with Gasteiger partial charge in [0.05, 0.1) is 0 Å². The average molecular weight is 186 g/mol. The van der Waals surface area contributed by atoms with Crippen LogP contribution in [0.15, 0.2) is 0 Å². The Bertz CT molecular complexity index is 144. The first-order chi connectivity index (χ1) is 6.02. The minimum atomic E-state index is 0.153. The van der Waals surface area contributed by atoms with Gasteiger partial charge >= 0.3 is 0 Å². The van der Waals surface area contributed by atoms with Crippen LogP contribution in [0.3, 0.4) is 0 Å². The van der Waals surface area contributed by atoms with Crippen LogP contribution in [0.4, 0.5) is 0 Å². The van der Waals surface area contributed by atoms with Gasteiger partial charge in [0.1, 0.15) is 0 Å². The van der Waals surface area contributed by atoms with E-state index in [4.69, 9.17) is 0 Å². The molecule has 3 nitrogen and oxygen atoms in total. The van der Waals surface area contributed by atoms with Gasteiger partial charge in [-0.2, -0.15) is 0 Å². The molecule has 0 aromatic rings. The molecule has 0 saturated carbocycles. The average Bonchev–Trinajstić information content (AvgIpc) is 1.96. The second kappa shape index (κ2) is 6.89. The minimum absolute atomic E-state index is 0.153. The predicted molar refractivity (Wildman–Crippen MR) is 55.6 cm³/mol. The lowest BCUT2D eigenvalue weighted by molar-refractivity contribution is -0.121. The van der Waals surface area contributed by atoms with Gasteiger partial charge in [-0.1, -0.05) is 27.7 Å². The molecule has 0 aliphatic heterocycles. The van der Waals surface area contributed by atoms with Crippen LogP contribution >= 0.6 is 0 Å². The van der Waals surface area contributed by atoms with Gasteiger partial charge in [0.2, 0.25) is 5.91 Å². The molecule has 0 bridgehead atoms. The monoisotopic (exact) mass is 186 g/mol. The summed E-state index contributed by atoms with van der Waals surface area (Å²) >= 11 is 0. The van der Waals surface area contributed by atoms with Crippen molar-refractivity contribution in [3.05, 3.63) is 0 Å². The number of nitrogens with one attached hydrogen (secondary N) is 2. The molecule has 0 spiro atoms. The van der Waals surface area contributed by atoms with Gasteiger partial charge in [-0.05, 0) is 5.92 Å². The van der Waals surface area contributed by atoms with Crippen LogP contribution in [0.5, 0.6) is 0 Å². The zero-order valence-corrected chi connectivity index (χ0v) is 9.18. The number of carbonyl (C=O) groups is 1. The van der Waals surface area contributed by atoms with Gasteiger partial charge in [0.15, 0.2) is 0 Å². The lowest BCUT2D eigenvalue weighted by atomic mass is 10.1. The fraction of sp³-hybridized carbons (Fsp3) is 0.900. The molecule has 0 radical (unpaired) electrons. The maximum Gasteiger partial charge on any atom is 0.220 e. The standard InChI is InChI=1S/C10H22N2O/c1-8(2)7-10(13)12-6-5-11-9(3)4/h8-9,11H,5-7H2,1-4H3,(H,12,13). The summed E-state index contributed by atoms with van der Waals surface area (Å²) in [4.78, 5) is 11.2. The van der Waals surface area contributed by atoms with E-state index in [2.05, 4.69) is 24.5 Å². The molecule has 0 aromatic heterocycles. The van der Waals surface area contributed by atoms with Crippen molar-refractivity contribution in [3.63, 3.8) is 0 Å². The van der Waals surface area contributed by atoms with Crippen molar-refractivity contribution < 1.29 is 4.79 Å².